The summed E-state index contributed by atoms with van der Waals surface area (Å²) in [6.07, 6.45) is 3.50. The van der Waals surface area contributed by atoms with E-state index in [1.165, 1.54) is 28.5 Å². The van der Waals surface area contributed by atoms with Crippen molar-refractivity contribution in [3.05, 3.63) is 34.9 Å². The fourth-order valence-corrected chi connectivity index (χ4v) is 4.36. The Hall–Kier alpha value is -1.41. The molecular weight excluding hydrogens is 282 g/mol. The van der Waals surface area contributed by atoms with Crippen molar-refractivity contribution in [1.29, 1.82) is 0 Å². The first-order valence-corrected chi connectivity index (χ1v) is 8.17. The number of rotatable bonds is 1. The fourth-order valence-electron chi connectivity index (χ4n) is 4.15. The molecule has 0 unspecified atom stereocenters. The third-order valence-electron chi connectivity index (χ3n) is 5.18. The van der Waals surface area contributed by atoms with Gasteiger partial charge in [-0.15, -0.1) is 11.6 Å². The van der Waals surface area contributed by atoms with Gasteiger partial charge in [0.15, 0.2) is 0 Å². The Bertz CT molecular complexity index is 738. The van der Waals surface area contributed by atoms with Gasteiger partial charge in [0, 0.05) is 42.0 Å². The maximum atomic E-state index is 10.4. The zero-order valence-corrected chi connectivity index (χ0v) is 13.2. The highest BCUT2D eigenvalue weighted by Gasteiger charge is 2.34. The quantitative estimate of drug-likeness (QED) is 0.798. The zero-order valence-electron chi connectivity index (χ0n) is 12.5. The van der Waals surface area contributed by atoms with Crippen molar-refractivity contribution in [3.8, 4) is 5.75 Å². The first-order chi connectivity index (χ1) is 10.1. The van der Waals surface area contributed by atoms with Crippen LogP contribution in [0.4, 0.5) is 5.69 Å². The summed E-state index contributed by atoms with van der Waals surface area (Å²) < 4.78 is 0. The number of phenolic OH excluding ortho intramolecular Hbond substituents is 1. The number of likely N-dealkylation sites (N-methyl/N-ethyl adjacent to an activating group) is 1. The molecule has 2 aliphatic rings. The van der Waals surface area contributed by atoms with Crippen LogP contribution in [0.2, 0.25) is 0 Å². The van der Waals surface area contributed by atoms with E-state index < -0.39 is 0 Å². The molecule has 0 saturated heterocycles. The van der Waals surface area contributed by atoms with Gasteiger partial charge in [-0.1, -0.05) is 12.1 Å². The van der Waals surface area contributed by atoms with E-state index in [1.54, 1.807) is 0 Å². The molecule has 21 heavy (non-hydrogen) atoms. The largest absolute Gasteiger partial charge is 0.507 e. The Morgan fingerprint density at radius 2 is 2.14 bits per heavy atom. The predicted octanol–water partition coefficient (Wildman–Crippen LogP) is 4.19. The molecule has 0 spiro atoms. The Balaban J connectivity index is 2.12. The standard InChI is InChI=1S/C18H20ClNO/c1-10(19)14-9-20(2)15-8-16(21)13-7-6-11-4-3-5-12(11)17(13)18(14)15/h6-8,10,14,21H,3-5,9H2,1-2H3/t10-,14+/m1/s1. The first kappa shape index (κ1) is 13.3. The van der Waals surface area contributed by atoms with Crippen LogP contribution in [0.1, 0.15) is 36.0 Å². The molecule has 1 heterocycles. The lowest BCUT2D eigenvalue weighted by Crippen LogP contribution is -2.19. The van der Waals surface area contributed by atoms with Gasteiger partial charge in [0.25, 0.3) is 0 Å². The van der Waals surface area contributed by atoms with Gasteiger partial charge in [-0.3, -0.25) is 0 Å². The van der Waals surface area contributed by atoms with Crippen molar-refractivity contribution in [2.45, 2.75) is 37.5 Å². The second-order valence-corrected chi connectivity index (χ2v) is 7.16. The lowest BCUT2D eigenvalue weighted by atomic mass is 9.88. The summed E-state index contributed by atoms with van der Waals surface area (Å²) >= 11 is 6.48. The van der Waals surface area contributed by atoms with Crippen LogP contribution in [-0.4, -0.2) is 24.1 Å². The van der Waals surface area contributed by atoms with Crippen LogP contribution in [0.25, 0.3) is 10.8 Å². The molecule has 1 aliphatic heterocycles. The highest BCUT2D eigenvalue weighted by atomic mass is 35.5. The van der Waals surface area contributed by atoms with Gasteiger partial charge in [0.2, 0.25) is 0 Å². The monoisotopic (exact) mass is 301 g/mol. The van der Waals surface area contributed by atoms with E-state index in [-0.39, 0.29) is 5.38 Å². The predicted molar refractivity (Wildman–Crippen MR) is 89.0 cm³/mol. The molecule has 2 nitrogen and oxygen atoms in total. The molecule has 2 atom stereocenters. The molecule has 110 valence electrons. The third kappa shape index (κ3) is 1.78. The SMILES string of the molecule is C[C@@H](Cl)[C@@H]1CN(C)c2cc(O)c3ccc4c(c3c21)CCC4. The second-order valence-electron chi connectivity index (χ2n) is 6.47. The van der Waals surface area contributed by atoms with E-state index in [0.717, 1.165) is 30.5 Å². The average Bonchev–Trinajstić information content (AvgIpc) is 3.04. The summed E-state index contributed by atoms with van der Waals surface area (Å²) in [4.78, 5) is 2.23. The van der Waals surface area contributed by atoms with Crippen LogP contribution in [0.15, 0.2) is 18.2 Å². The van der Waals surface area contributed by atoms with Gasteiger partial charge in [0.05, 0.1) is 0 Å². The van der Waals surface area contributed by atoms with Gasteiger partial charge < -0.3 is 10.0 Å². The van der Waals surface area contributed by atoms with E-state index in [1.807, 2.05) is 6.07 Å². The molecule has 0 saturated carbocycles. The van der Waals surface area contributed by atoms with Crippen LogP contribution >= 0.6 is 11.6 Å². The minimum atomic E-state index is 0.0960. The number of nitrogens with zero attached hydrogens (tertiary/aromatic N) is 1. The summed E-state index contributed by atoms with van der Waals surface area (Å²) in [5.41, 5.74) is 5.40. The molecule has 2 aromatic rings. The average molecular weight is 302 g/mol. The Kier molecular flexibility index (Phi) is 2.87. The van der Waals surface area contributed by atoms with Crippen LogP contribution in [0.3, 0.4) is 0 Å². The minimum absolute atomic E-state index is 0.0960. The highest BCUT2D eigenvalue weighted by molar-refractivity contribution is 6.21. The second kappa shape index (κ2) is 4.54. The molecule has 0 fully saturated rings. The van der Waals surface area contributed by atoms with E-state index in [2.05, 4.69) is 31.0 Å². The van der Waals surface area contributed by atoms with E-state index in [4.69, 9.17) is 11.6 Å². The number of benzene rings is 2. The molecule has 1 aliphatic carbocycles. The summed E-state index contributed by atoms with van der Waals surface area (Å²) in [5, 5.41) is 12.8. The van der Waals surface area contributed by atoms with Crippen LogP contribution in [-0.2, 0) is 12.8 Å². The molecule has 3 heteroatoms. The summed E-state index contributed by atoms with van der Waals surface area (Å²) in [5.74, 6) is 0.732. The van der Waals surface area contributed by atoms with Gasteiger partial charge in [0.1, 0.15) is 5.75 Å². The molecule has 1 N–H and O–H groups in total. The van der Waals surface area contributed by atoms with Gasteiger partial charge in [-0.05, 0) is 48.3 Å². The number of fused-ring (bicyclic) bond motifs is 5. The minimum Gasteiger partial charge on any atom is -0.507 e. The normalized spacial score (nSPS) is 21.7. The molecule has 0 bridgehead atoms. The van der Waals surface area contributed by atoms with Crippen molar-refractivity contribution < 1.29 is 5.11 Å². The number of phenols is 1. The van der Waals surface area contributed by atoms with Gasteiger partial charge in [-0.2, -0.15) is 0 Å². The maximum absolute atomic E-state index is 10.4. The number of hydrogen-bond donors (Lipinski definition) is 1. The van der Waals surface area contributed by atoms with Crippen molar-refractivity contribution in [1.82, 2.24) is 0 Å². The van der Waals surface area contributed by atoms with Crippen LogP contribution in [0, 0.1) is 0 Å². The lowest BCUT2D eigenvalue weighted by Gasteiger charge is -2.18. The Morgan fingerprint density at radius 3 is 2.90 bits per heavy atom. The number of anilines is 1. The van der Waals surface area contributed by atoms with Gasteiger partial charge in [-0.25, -0.2) is 0 Å². The molecular formula is C18H20ClNO. The third-order valence-corrected chi connectivity index (χ3v) is 5.49. The number of halogens is 1. The number of hydrogen-bond acceptors (Lipinski definition) is 2. The molecule has 4 rings (SSSR count). The number of aryl methyl sites for hydroxylation is 2. The van der Waals surface area contributed by atoms with Crippen molar-refractivity contribution in [2.75, 3.05) is 18.5 Å². The van der Waals surface area contributed by atoms with Crippen LogP contribution in [0.5, 0.6) is 5.75 Å². The topological polar surface area (TPSA) is 23.5 Å². The molecule has 0 radical (unpaired) electrons. The summed E-state index contributed by atoms with van der Waals surface area (Å²) in [6, 6.07) is 6.19. The smallest absolute Gasteiger partial charge is 0.125 e. The molecule has 2 aromatic carbocycles. The van der Waals surface area contributed by atoms with E-state index >= 15 is 0 Å². The van der Waals surface area contributed by atoms with Crippen molar-refractivity contribution in [2.24, 2.45) is 0 Å². The highest BCUT2D eigenvalue weighted by Crippen LogP contribution is 2.48. The Labute approximate surface area is 130 Å². The van der Waals surface area contributed by atoms with E-state index in [9.17, 15) is 5.11 Å². The van der Waals surface area contributed by atoms with Gasteiger partial charge >= 0.3 is 0 Å². The number of alkyl halides is 1. The van der Waals surface area contributed by atoms with Crippen molar-refractivity contribution in [3.63, 3.8) is 0 Å². The summed E-state index contributed by atoms with van der Waals surface area (Å²) in [7, 11) is 2.09. The zero-order chi connectivity index (χ0) is 14.7. The first-order valence-electron chi connectivity index (χ1n) is 7.73. The lowest BCUT2D eigenvalue weighted by molar-refractivity contribution is 0.481. The van der Waals surface area contributed by atoms with Crippen molar-refractivity contribution >= 4 is 28.1 Å². The number of aromatic hydroxyl groups is 1. The van der Waals surface area contributed by atoms with E-state index in [0.29, 0.717) is 11.7 Å². The molecule has 0 aromatic heterocycles. The summed E-state index contributed by atoms with van der Waals surface area (Å²) in [6.45, 7) is 3.01. The fraction of sp³-hybridized carbons (Fsp3) is 0.444. The van der Waals surface area contributed by atoms with Crippen LogP contribution < -0.4 is 4.90 Å². The molecule has 0 amide bonds. The Morgan fingerprint density at radius 1 is 1.33 bits per heavy atom. The maximum Gasteiger partial charge on any atom is 0.125 e.